The van der Waals surface area contributed by atoms with E-state index >= 15 is 0 Å². The molecule has 1 heterocycles. The highest BCUT2D eigenvalue weighted by Gasteiger charge is 2.13. The van der Waals surface area contributed by atoms with E-state index in [0.29, 0.717) is 22.0 Å². The molecule has 0 bridgehead atoms. The third kappa shape index (κ3) is 6.92. The smallest absolute Gasteiger partial charge is 0.436 e. The summed E-state index contributed by atoms with van der Waals surface area (Å²) in [6.45, 7) is 2.06. The van der Waals surface area contributed by atoms with Gasteiger partial charge >= 0.3 is 6.09 Å². The zero-order valence-electron chi connectivity index (χ0n) is 14.5. The maximum Gasteiger partial charge on any atom is 0.436 e. The van der Waals surface area contributed by atoms with Gasteiger partial charge in [0.2, 0.25) is 11.9 Å². The molecule has 1 atom stereocenters. The number of aromatic amines is 1. The van der Waals surface area contributed by atoms with Crippen LogP contribution in [0.25, 0.3) is 0 Å². The Labute approximate surface area is 166 Å². The fourth-order valence-electron chi connectivity index (χ4n) is 2.25. The van der Waals surface area contributed by atoms with E-state index in [9.17, 15) is 9.59 Å². The van der Waals surface area contributed by atoms with Crippen molar-refractivity contribution in [2.24, 2.45) is 16.6 Å². The Balaban J connectivity index is 1.80. The Morgan fingerprint density at radius 3 is 2.70 bits per heavy atom. The van der Waals surface area contributed by atoms with E-state index in [2.05, 4.69) is 20.3 Å². The zero-order valence-corrected chi connectivity index (χ0v) is 16.0. The van der Waals surface area contributed by atoms with Crippen molar-refractivity contribution in [3.63, 3.8) is 0 Å². The minimum absolute atomic E-state index is 0.0581. The Morgan fingerprint density at radius 1 is 1.37 bits per heavy atom. The molecule has 4 N–H and O–H groups in total. The number of hydrogen-bond donors (Lipinski definition) is 3. The van der Waals surface area contributed by atoms with E-state index in [1.807, 2.05) is 6.92 Å². The lowest BCUT2D eigenvalue weighted by atomic mass is 10.1. The molecular formula is C17H19Cl2N5O3. The number of amides is 2. The Hall–Kier alpha value is -2.58. The number of carbonyl (C=O) groups excluding carboxylic acids is 2. The second-order valence-corrected chi connectivity index (χ2v) is 6.70. The third-order valence-corrected chi connectivity index (χ3v) is 4.20. The van der Waals surface area contributed by atoms with Crippen molar-refractivity contribution in [2.45, 2.75) is 19.8 Å². The number of guanidine groups is 1. The zero-order chi connectivity index (χ0) is 19.8. The number of ether oxygens (including phenoxy) is 1. The summed E-state index contributed by atoms with van der Waals surface area (Å²) in [6.07, 6.45) is 2.96. The van der Waals surface area contributed by atoms with Crippen LogP contribution in [-0.4, -0.2) is 34.5 Å². The first-order valence-corrected chi connectivity index (χ1v) is 8.81. The number of carbonyl (C=O) groups is 2. The second kappa shape index (κ2) is 9.94. The molecule has 0 saturated heterocycles. The average Bonchev–Trinajstić information content (AvgIpc) is 3.09. The lowest BCUT2D eigenvalue weighted by Crippen LogP contribution is -2.38. The number of H-pyrrole nitrogens is 1. The quantitative estimate of drug-likeness (QED) is 0.497. The first-order chi connectivity index (χ1) is 12.8. The van der Waals surface area contributed by atoms with Crippen molar-refractivity contribution in [1.29, 1.82) is 0 Å². The fourth-order valence-corrected chi connectivity index (χ4v) is 2.78. The predicted octanol–water partition coefficient (Wildman–Crippen LogP) is 2.71. The summed E-state index contributed by atoms with van der Waals surface area (Å²) in [5.41, 5.74) is 6.96. The highest BCUT2D eigenvalue weighted by molar-refractivity contribution is 6.36. The van der Waals surface area contributed by atoms with Gasteiger partial charge in [-0.05, 0) is 30.0 Å². The molecule has 0 aliphatic carbocycles. The summed E-state index contributed by atoms with van der Waals surface area (Å²) in [7, 11) is 0. The number of nitrogens with two attached hydrogens (primary N) is 1. The number of rotatable bonds is 6. The second-order valence-electron chi connectivity index (χ2n) is 5.89. The van der Waals surface area contributed by atoms with Gasteiger partial charge in [0.15, 0.2) is 0 Å². The Bertz CT molecular complexity index is 804. The molecule has 0 aliphatic heterocycles. The maximum absolute atomic E-state index is 12.0. The molecule has 0 saturated carbocycles. The van der Waals surface area contributed by atoms with Crippen LogP contribution in [0, 0.1) is 5.92 Å². The summed E-state index contributed by atoms with van der Waals surface area (Å²) in [4.78, 5) is 34.1. The number of aromatic nitrogens is 2. The largest absolute Gasteiger partial charge is 0.448 e. The van der Waals surface area contributed by atoms with Crippen molar-refractivity contribution < 1.29 is 14.3 Å². The van der Waals surface area contributed by atoms with Crippen LogP contribution in [0.4, 0.5) is 4.79 Å². The normalized spacial score (nSPS) is 12.5. The van der Waals surface area contributed by atoms with Gasteiger partial charge in [-0.3, -0.25) is 10.1 Å². The fraction of sp³-hybridized carbons (Fsp3) is 0.294. The van der Waals surface area contributed by atoms with Gasteiger partial charge in [0, 0.05) is 21.9 Å². The van der Waals surface area contributed by atoms with E-state index in [0.717, 1.165) is 5.69 Å². The minimum atomic E-state index is -0.889. The molecule has 1 aromatic carbocycles. The molecule has 0 fully saturated rings. The Morgan fingerprint density at radius 2 is 2.07 bits per heavy atom. The summed E-state index contributed by atoms with van der Waals surface area (Å²) < 4.78 is 5.03. The summed E-state index contributed by atoms with van der Waals surface area (Å²) >= 11 is 12.0. The number of hydrogen-bond acceptors (Lipinski definition) is 4. The molecule has 144 valence electrons. The van der Waals surface area contributed by atoms with Crippen LogP contribution in [-0.2, 0) is 22.4 Å². The summed E-state index contributed by atoms with van der Waals surface area (Å²) in [6, 6.07) is 4.91. The van der Waals surface area contributed by atoms with Gasteiger partial charge in [-0.25, -0.2) is 9.78 Å². The summed E-state index contributed by atoms with van der Waals surface area (Å²) in [5.74, 6) is -0.816. The van der Waals surface area contributed by atoms with Crippen molar-refractivity contribution in [3.8, 4) is 0 Å². The first-order valence-electron chi connectivity index (χ1n) is 8.06. The van der Waals surface area contributed by atoms with Gasteiger partial charge in [-0.15, -0.1) is 4.99 Å². The topological polar surface area (TPSA) is 122 Å². The molecule has 1 aromatic heterocycles. The first kappa shape index (κ1) is 20.7. The van der Waals surface area contributed by atoms with E-state index in [-0.39, 0.29) is 24.9 Å². The van der Waals surface area contributed by atoms with E-state index in [4.69, 9.17) is 33.7 Å². The molecule has 0 spiro atoms. The molecule has 8 nitrogen and oxygen atoms in total. The van der Waals surface area contributed by atoms with Crippen LogP contribution >= 0.6 is 23.2 Å². The lowest BCUT2D eigenvalue weighted by Gasteiger charge is -2.10. The van der Waals surface area contributed by atoms with E-state index in [1.54, 1.807) is 30.7 Å². The van der Waals surface area contributed by atoms with Crippen molar-refractivity contribution in [1.82, 2.24) is 15.3 Å². The van der Waals surface area contributed by atoms with Gasteiger partial charge in [0.25, 0.3) is 0 Å². The standard InChI is InChI=1S/C17H19Cl2N5O3/c1-10(5-11-7-21-9-22-11)8-27-17(26)24-16(20)23-15(25)6-12-13(18)3-2-4-14(12)19/h2-4,7,9-10H,5-6,8H2,1H3,(H,21,22)(H3,20,23,24,25,26)/t10-/m1/s1. The van der Waals surface area contributed by atoms with Crippen LogP contribution < -0.4 is 11.1 Å². The number of halogens is 2. The number of nitrogens with one attached hydrogen (secondary N) is 2. The van der Waals surface area contributed by atoms with Crippen LogP contribution in [0.5, 0.6) is 0 Å². The molecule has 0 unspecified atom stereocenters. The summed E-state index contributed by atoms with van der Waals surface area (Å²) in [5, 5.41) is 3.02. The number of imidazole rings is 1. The molecule has 27 heavy (non-hydrogen) atoms. The molecule has 0 aliphatic rings. The van der Waals surface area contributed by atoms with Crippen LogP contribution in [0.15, 0.2) is 35.7 Å². The van der Waals surface area contributed by atoms with Gasteiger partial charge in [-0.1, -0.05) is 36.2 Å². The van der Waals surface area contributed by atoms with Gasteiger partial charge < -0.3 is 15.5 Å². The molecular weight excluding hydrogens is 393 g/mol. The third-order valence-electron chi connectivity index (χ3n) is 3.49. The highest BCUT2D eigenvalue weighted by Crippen LogP contribution is 2.24. The van der Waals surface area contributed by atoms with Crippen molar-refractivity contribution >= 4 is 41.2 Å². The number of aliphatic imine (C=N–C) groups is 1. The monoisotopic (exact) mass is 411 g/mol. The predicted molar refractivity (Wildman–Crippen MR) is 103 cm³/mol. The minimum Gasteiger partial charge on any atom is -0.448 e. The van der Waals surface area contributed by atoms with Crippen LogP contribution in [0.3, 0.4) is 0 Å². The van der Waals surface area contributed by atoms with Gasteiger partial charge in [0.1, 0.15) is 0 Å². The average molecular weight is 412 g/mol. The molecule has 0 radical (unpaired) electrons. The molecule has 10 heteroatoms. The van der Waals surface area contributed by atoms with Gasteiger partial charge in [0.05, 0.1) is 19.4 Å². The highest BCUT2D eigenvalue weighted by atomic mass is 35.5. The van der Waals surface area contributed by atoms with Crippen molar-refractivity contribution in [2.75, 3.05) is 6.61 Å². The number of benzene rings is 1. The van der Waals surface area contributed by atoms with Gasteiger partial charge in [-0.2, -0.15) is 0 Å². The number of nitrogens with zero attached hydrogens (tertiary/aromatic N) is 2. The molecule has 2 rings (SSSR count). The Kier molecular flexibility index (Phi) is 7.63. The molecule has 2 amide bonds. The maximum atomic E-state index is 12.0. The van der Waals surface area contributed by atoms with E-state index in [1.165, 1.54) is 0 Å². The lowest BCUT2D eigenvalue weighted by molar-refractivity contribution is -0.119. The van der Waals surface area contributed by atoms with Crippen molar-refractivity contribution in [3.05, 3.63) is 52.0 Å². The van der Waals surface area contributed by atoms with Crippen LogP contribution in [0.1, 0.15) is 18.2 Å². The SMILES string of the molecule is C[C@@H](COC(=O)/N=C(\N)NC(=O)Cc1c(Cl)cccc1Cl)Cc1cnc[nH]1. The van der Waals surface area contributed by atoms with E-state index < -0.39 is 12.0 Å². The molecule has 2 aromatic rings. The van der Waals surface area contributed by atoms with Crippen LogP contribution in [0.2, 0.25) is 10.0 Å².